The molecule has 1 rings (SSSR count). The fourth-order valence-electron chi connectivity index (χ4n) is 1.39. The zero-order valence-electron chi connectivity index (χ0n) is 10.6. The van der Waals surface area contributed by atoms with Gasteiger partial charge >= 0.3 is 18.2 Å². The van der Waals surface area contributed by atoms with E-state index < -0.39 is 31.1 Å². The van der Waals surface area contributed by atoms with Crippen LogP contribution in [0.25, 0.3) is 0 Å². The number of urea groups is 1. The van der Waals surface area contributed by atoms with E-state index >= 15 is 0 Å². The Morgan fingerprint density at radius 2 is 1.90 bits per heavy atom. The molecular weight excluding hydrogens is 277 g/mol. The van der Waals surface area contributed by atoms with Crippen molar-refractivity contribution in [3.8, 4) is 0 Å². The molecule has 5 nitrogen and oxygen atoms in total. The van der Waals surface area contributed by atoms with Crippen LogP contribution in [0.1, 0.15) is 16.8 Å². The number of rotatable bonds is 4. The number of carbonyl (C=O) groups is 2. The van der Waals surface area contributed by atoms with Crippen molar-refractivity contribution in [3.63, 3.8) is 0 Å². The molecule has 2 N–H and O–H groups in total. The van der Waals surface area contributed by atoms with E-state index in [4.69, 9.17) is 5.11 Å². The zero-order valence-corrected chi connectivity index (χ0v) is 10.6. The minimum atomic E-state index is -4.35. The van der Waals surface area contributed by atoms with Gasteiger partial charge < -0.3 is 15.3 Å². The Morgan fingerprint density at radius 3 is 2.45 bits per heavy atom. The quantitative estimate of drug-likeness (QED) is 0.895. The summed E-state index contributed by atoms with van der Waals surface area (Å²) < 4.78 is 36.1. The van der Waals surface area contributed by atoms with Crippen LogP contribution < -0.4 is 5.32 Å². The number of aromatic carboxylic acids is 1. The summed E-state index contributed by atoms with van der Waals surface area (Å²) in [4.78, 5) is 23.4. The zero-order chi connectivity index (χ0) is 15.3. The second kappa shape index (κ2) is 6.27. The monoisotopic (exact) mass is 290 g/mol. The van der Waals surface area contributed by atoms with Gasteiger partial charge in [0.15, 0.2) is 0 Å². The molecule has 110 valence electrons. The number of nitrogens with zero attached hydrogens (tertiary/aromatic N) is 1. The van der Waals surface area contributed by atoms with Gasteiger partial charge in [0.25, 0.3) is 0 Å². The molecule has 0 aliphatic rings. The molecule has 0 bridgehead atoms. The van der Waals surface area contributed by atoms with Crippen molar-refractivity contribution in [3.05, 3.63) is 29.8 Å². The normalized spacial score (nSPS) is 11.0. The highest BCUT2D eigenvalue weighted by molar-refractivity contribution is 5.99. The van der Waals surface area contributed by atoms with E-state index in [0.717, 1.165) is 4.90 Å². The number of benzene rings is 1. The van der Waals surface area contributed by atoms with Crippen LogP contribution in [-0.2, 0) is 0 Å². The fraction of sp³-hybridized carbons (Fsp3) is 0.333. The van der Waals surface area contributed by atoms with Crippen LogP contribution in [0.5, 0.6) is 0 Å². The van der Waals surface area contributed by atoms with Gasteiger partial charge in [-0.15, -0.1) is 0 Å². The summed E-state index contributed by atoms with van der Waals surface area (Å²) in [6, 6.07) is 4.83. The van der Waals surface area contributed by atoms with Crippen molar-refractivity contribution in [2.45, 2.75) is 12.6 Å². The van der Waals surface area contributed by atoms with Gasteiger partial charge in [-0.25, -0.2) is 9.59 Å². The first-order valence-corrected chi connectivity index (χ1v) is 5.62. The summed E-state index contributed by atoms with van der Waals surface area (Å²) in [6.45, 7) is -0.509. The van der Waals surface area contributed by atoms with Crippen LogP contribution in [-0.4, -0.2) is 41.8 Å². The summed E-state index contributed by atoms with van der Waals surface area (Å²) in [5, 5.41) is 11.2. The lowest BCUT2D eigenvalue weighted by Crippen LogP contribution is -2.34. The Hall–Kier alpha value is -2.25. The van der Waals surface area contributed by atoms with Gasteiger partial charge in [-0.05, 0) is 12.1 Å². The Balaban J connectivity index is 2.69. The smallest absolute Gasteiger partial charge is 0.390 e. The van der Waals surface area contributed by atoms with Crippen molar-refractivity contribution in [2.24, 2.45) is 0 Å². The lowest BCUT2D eigenvalue weighted by atomic mass is 10.2. The lowest BCUT2D eigenvalue weighted by molar-refractivity contribution is -0.135. The predicted octanol–water partition coefficient (Wildman–Crippen LogP) is 2.80. The molecule has 0 heterocycles. The maximum atomic E-state index is 12.0. The molecule has 0 aromatic heterocycles. The van der Waals surface area contributed by atoms with Crippen LogP contribution in [0.2, 0.25) is 0 Å². The minimum absolute atomic E-state index is 0.0314. The Kier molecular flexibility index (Phi) is 4.95. The van der Waals surface area contributed by atoms with Crippen LogP contribution in [0, 0.1) is 0 Å². The number of para-hydroxylation sites is 1. The van der Waals surface area contributed by atoms with E-state index in [-0.39, 0.29) is 11.3 Å². The molecule has 0 spiro atoms. The van der Waals surface area contributed by atoms with Crippen LogP contribution in [0.4, 0.5) is 23.7 Å². The largest absolute Gasteiger partial charge is 0.478 e. The topological polar surface area (TPSA) is 69.6 Å². The maximum absolute atomic E-state index is 12.0. The molecule has 2 amide bonds. The number of nitrogens with one attached hydrogen (secondary N) is 1. The summed E-state index contributed by atoms with van der Waals surface area (Å²) >= 11 is 0. The number of hydrogen-bond donors (Lipinski definition) is 2. The number of halogens is 3. The molecule has 8 heteroatoms. The maximum Gasteiger partial charge on any atom is 0.390 e. The molecule has 0 atom stereocenters. The van der Waals surface area contributed by atoms with Gasteiger partial charge in [0.1, 0.15) is 0 Å². The predicted molar refractivity (Wildman–Crippen MR) is 65.7 cm³/mol. The van der Waals surface area contributed by atoms with Crippen molar-refractivity contribution in [1.82, 2.24) is 4.90 Å². The molecular formula is C12H13F3N2O3. The van der Waals surface area contributed by atoms with Gasteiger partial charge in [-0.2, -0.15) is 13.2 Å². The van der Waals surface area contributed by atoms with Crippen LogP contribution >= 0.6 is 0 Å². The van der Waals surface area contributed by atoms with Gasteiger partial charge in [-0.3, -0.25) is 0 Å². The lowest BCUT2D eigenvalue weighted by Gasteiger charge is -2.19. The number of carbonyl (C=O) groups excluding carboxylic acids is 1. The fourth-order valence-corrected chi connectivity index (χ4v) is 1.39. The molecule has 0 radical (unpaired) electrons. The minimum Gasteiger partial charge on any atom is -0.478 e. The molecule has 0 aliphatic carbocycles. The van der Waals surface area contributed by atoms with Gasteiger partial charge in [0.2, 0.25) is 0 Å². The van der Waals surface area contributed by atoms with Crippen molar-refractivity contribution in [1.29, 1.82) is 0 Å². The number of carboxylic acid groups (broad SMARTS) is 1. The number of carboxylic acids is 1. The van der Waals surface area contributed by atoms with E-state index in [9.17, 15) is 22.8 Å². The van der Waals surface area contributed by atoms with Crippen LogP contribution in [0.15, 0.2) is 24.3 Å². The van der Waals surface area contributed by atoms with Crippen LogP contribution in [0.3, 0.4) is 0 Å². The standard InChI is InChI=1S/C12H13F3N2O3/c1-17(7-6-12(13,14)15)11(20)16-9-5-3-2-4-8(9)10(18)19/h2-5H,6-7H2,1H3,(H,16,20)(H,18,19). The Morgan fingerprint density at radius 1 is 1.30 bits per heavy atom. The first-order chi connectivity index (χ1) is 9.20. The summed E-state index contributed by atoms with van der Waals surface area (Å²) in [5.74, 6) is -1.24. The molecule has 0 fully saturated rings. The third-order valence-electron chi connectivity index (χ3n) is 2.48. The molecule has 1 aromatic carbocycles. The van der Waals surface area contributed by atoms with Crippen molar-refractivity contribution in [2.75, 3.05) is 18.9 Å². The summed E-state index contributed by atoms with van der Waals surface area (Å²) in [7, 11) is 1.20. The third-order valence-corrected chi connectivity index (χ3v) is 2.48. The van der Waals surface area contributed by atoms with E-state index in [2.05, 4.69) is 5.32 Å². The van der Waals surface area contributed by atoms with E-state index in [1.807, 2.05) is 0 Å². The average molecular weight is 290 g/mol. The molecule has 0 aliphatic heterocycles. The second-order valence-corrected chi connectivity index (χ2v) is 4.07. The third kappa shape index (κ3) is 4.79. The Labute approximate surface area is 113 Å². The molecule has 0 saturated carbocycles. The van der Waals surface area contributed by atoms with Crippen molar-refractivity contribution >= 4 is 17.7 Å². The van der Waals surface area contributed by atoms with E-state index in [0.29, 0.717) is 0 Å². The molecule has 20 heavy (non-hydrogen) atoms. The molecule has 1 aromatic rings. The van der Waals surface area contributed by atoms with Crippen molar-refractivity contribution < 1.29 is 27.9 Å². The number of alkyl halides is 3. The van der Waals surface area contributed by atoms with Gasteiger partial charge in [0, 0.05) is 13.6 Å². The first-order valence-electron chi connectivity index (χ1n) is 5.62. The summed E-state index contributed by atoms with van der Waals surface area (Å²) in [5.41, 5.74) is -0.103. The first kappa shape index (κ1) is 15.8. The number of anilines is 1. The van der Waals surface area contributed by atoms with Gasteiger partial charge in [0.05, 0.1) is 17.7 Å². The SMILES string of the molecule is CN(CCC(F)(F)F)C(=O)Nc1ccccc1C(=O)O. The Bertz CT molecular complexity index is 503. The highest BCUT2D eigenvalue weighted by Crippen LogP contribution is 2.20. The van der Waals surface area contributed by atoms with Gasteiger partial charge in [-0.1, -0.05) is 12.1 Å². The van der Waals surface area contributed by atoms with E-state index in [1.54, 1.807) is 0 Å². The average Bonchev–Trinajstić information content (AvgIpc) is 2.35. The second-order valence-electron chi connectivity index (χ2n) is 4.07. The number of hydrogen-bond acceptors (Lipinski definition) is 2. The van der Waals surface area contributed by atoms with E-state index in [1.165, 1.54) is 31.3 Å². The molecule has 0 saturated heterocycles. The summed E-state index contributed by atoms with van der Waals surface area (Å²) in [6.07, 6.45) is -5.48. The highest BCUT2D eigenvalue weighted by Gasteiger charge is 2.28. The molecule has 0 unspecified atom stereocenters. The number of amides is 2. The highest BCUT2D eigenvalue weighted by atomic mass is 19.4.